The van der Waals surface area contributed by atoms with E-state index in [2.05, 4.69) is 31.2 Å². The molecule has 0 aromatic heterocycles. The van der Waals surface area contributed by atoms with Crippen LogP contribution in [-0.2, 0) is 6.42 Å². The summed E-state index contributed by atoms with van der Waals surface area (Å²) in [7, 11) is 0. The second-order valence-electron chi connectivity index (χ2n) is 5.50. The Balaban J connectivity index is 1.91. The standard InChI is InChI=1S/C17H19Cl3Si/c1-14(16-5-3-2-4-6-16)13-21(19,20)12-11-15-7-9-17(18)10-8-15/h2-10,14H,11-13H2,1H3. The van der Waals surface area contributed by atoms with Gasteiger partial charge in [-0.15, -0.1) is 22.2 Å². The van der Waals surface area contributed by atoms with Crippen molar-refractivity contribution < 1.29 is 0 Å². The summed E-state index contributed by atoms with van der Waals surface area (Å²) < 4.78 is 0. The summed E-state index contributed by atoms with van der Waals surface area (Å²) in [5, 5.41) is 0.761. The topological polar surface area (TPSA) is 0 Å². The smallest absolute Gasteiger partial charge is 0.146 e. The Bertz CT molecular complexity index is 552. The van der Waals surface area contributed by atoms with E-state index in [4.69, 9.17) is 33.8 Å². The van der Waals surface area contributed by atoms with Gasteiger partial charge in [0.1, 0.15) is 0 Å². The Labute approximate surface area is 142 Å². The number of benzene rings is 2. The van der Waals surface area contributed by atoms with Crippen molar-refractivity contribution in [3.8, 4) is 0 Å². The molecule has 0 nitrogen and oxygen atoms in total. The molecular weight excluding hydrogens is 339 g/mol. The monoisotopic (exact) mass is 356 g/mol. The van der Waals surface area contributed by atoms with Crippen LogP contribution in [0.1, 0.15) is 24.0 Å². The first-order chi connectivity index (χ1) is 9.96. The molecule has 4 heteroatoms. The third kappa shape index (κ3) is 5.67. The van der Waals surface area contributed by atoms with Crippen molar-refractivity contribution in [2.45, 2.75) is 31.4 Å². The van der Waals surface area contributed by atoms with Crippen LogP contribution in [0.2, 0.25) is 17.1 Å². The zero-order valence-corrected chi connectivity index (χ0v) is 15.3. The van der Waals surface area contributed by atoms with Gasteiger partial charge < -0.3 is 0 Å². The van der Waals surface area contributed by atoms with E-state index in [1.807, 2.05) is 30.3 Å². The maximum Gasteiger partial charge on any atom is 0.252 e. The van der Waals surface area contributed by atoms with E-state index in [-0.39, 0.29) is 0 Å². The molecule has 0 saturated carbocycles. The largest absolute Gasteiger partial charge is 0.252 e. The van der Waals surface area contributed by atoms with Gasteiger partial charge in [0.25, 0.3) is 6.69 Å². The molecule has 0 heterocycles. The quantitative estimate of drug-likeness (QED) is 0.403. The predicted molar refractivity (Wildman–Crippen MR) is 97.1 cm³/mol. The third-order valence-electron chi connectivity index (χ3n) is 3.67. The fraction of sp³-hybridized carbons (Fsp3) is 0.294. The van der Waals surface area contributed by atoms with Crippen LogP contribution in [0.25, 0.3) is 0 Å². The summed E-state index contributed by atoms with van der Waals surface area (Å²) in [6.07, 6.45) is 0.915. The van der Waals surface area contributed by atoms with Gasteiger partial charge in [0.15, 0.2) is 0 Å². The van der Waals surface area contributed by atoms with Gasteiger partial charge >= 0.3 is 0 Å². The number of aryl methyl sites for hydroxylation is 1. The van der Waals surface area contributed by atoms with E-state index < -0.39 is 6.69 Å². The number of halogens is 3. The Kier molecular flexibility index (Phi) is 6.18. The summed E-state index contributed by atoms with van der Waals surface area (Å²) in [5.41, 5.74) is 2.55. The molecule has 0 saturated heterocycles. The molecule has 1 atom stereocenters. The lowest BCUT2D eigenvalue weighted by molar-refractivity contribution is 0.848. The highest BCUT2D eigenvalue weighted by Crippen LogP contribution is 2.35. The summed E-state index contributed by atoms with van der Waals surface area (Å²) in [4.78, 5) is 0. The summed E-state index contributed by atoms with van der Waals surface area (Å²) in [5.74, 6) is 0.401. The van der Waals surface area contributed by atoms with E-state index >= 15 is 0 Å². The van der Waals surface area contributed by atoms with Gasteiger partial charge in [-0.05, 0) is 47.7 Å². The van der Waals surface area contributed by atoms with Gasteiger partial charge in [-0.25, -0.2) is 0 Å². The fourth-order valence-corrected chi connectivity index (χ4v) is 6.50. The minimum atomic E-state index is -2.23. The molecule has 0 N–H and O–H groups in total. The van der Waals surface area contributed by atoms with Crippen LogP contribution < -0.4 is 0 Å². The highest BCUT2D eigenvalue weighted by molar-refractivity contribution is 7.45. The van der Waals surface area contributed by atoms with Crippen molar-refractivity contribution in [1.29, 1.82) is 0 Å². The van der Waals surface area contributed by atoms with Crippen molar-refractivity contribution in [2.24, 2.45) is 0 Å². The molecule has 0 amide bonds. The van der Waals surface area contributed by atoms with Crippen LogP contribution in [0, 0.1) is 0 Å². The van der Waals surface area contributed by atoms with E-state index in [0.29, 0.717) is 5.92 Å². The molecular formula is C17H19Cl3Si. The number of rotatable bonds is 6. The maximum absolute atomic E-state index is 6.64. The Morgan fingerprint density at radius 2 is 1.57 bits per heavy atom. The average molecular weight is 358 g/mol. The van der Waals surface area contributed by atoms with E-state index in [9.17, 15) is 0 Å². The molecule has 0 spiro atoms. The summed E-state index contributed by atoms with van der Waals surface area (Å²) in [6.45, 7) is -0.0356. The van der Waals surface area contributed by atoms with Gasteiger partial charge in [-0.1, -0.05) is 61.0 Å². The lowest BCUT2D eigenvalue weighted by atomic mass is 10.0. The zero-order valence-electron chi connectivity index (χ0n) is 12.0. The molecule has 112 valence electrons. The second kappa shape index (κ2) is 7.69. The molecule has 0 bridgehead atoms. The highest BCUT2D eigenvalue weighted by Gasteiger charge is 2.30. The van der Waals surface area contributed by atoms with Crippen LogP contribution in [0.15, 0.2) is 54.6 Å². The fourth-order valence-electron chi connectivity index (χ4n) is 2.43. The molecule has 0 fully saturated rings. The van der Waals surface area contributed by atoms with Crippen LogP contribution in [0.3, 0.4) is 0 Å². The minimum Gasteiger partial charge on any atom is -0.146 e. The van der Waals surface area contributed by atoms with Gasteiger partial charge in [0.2, 0.25) is 0 Å². The van der Waals surface area contributed by atoms with E-state index in [1.54, 1.807) is 0 Å². The third-order valence-corrected chi connectivity index (χ3v) is 8.17. The maximum atomic E-state index is 6.64. The predicted octanol–water partition coefficient (Wildman–Crippen LogP) is 6.61. The first-order valence-corrected chi connectivity index (χ1v) is 11.9. The lowest BCUT2D eigenvalue weighted by Gasteiger charge is -2.21. The van der Waals surface area contributed by atoms with Crippen LogP contribution in [0.4, 0.5) is 0 Å². The molecule has 0 radical (unpaired) electrons. The van der Waals surface area contributed by atoms with Crippen molar-refractivity contribution >= 4 is 40.5 Å². The van der Waals surface area contributed by atoms with Crippen molar-refractivity contribution in [3.05, 3.63) is 70.7 Å². The SMILES string of the molecule is CC(C[Si](Cl)(Cl)CCc1ccc(Cl)cc1)c1ccccc1. The van der Waals surface area contributed by atoms with Gasteiger partial charge in [-0.3, -0.25) is 0 Å². The number of hydrogen-bond donors (Lipinski definition) is 0. The van der Waals surface area contributed by atoms with Gasteiger partial charge in [0, 0.05) is 5.02 Å². The van der Waals surface area contributed by atoms with Crippen LogP contribution in [0.5, 0.6) is 0 Å². The van der Waals surface area contributed by atoms with Crippen molar-refractivity contribution in [2.75, 3.05) is 0 Å². The molecule has 0 aliphatic rings. The average Bonchev–Trinajstić information content (AvgIpc) is 2.47. The zero-order chi connectivity index (χ0) is 15.3. The molecule has 2 aromatic carbocycles. The van der Waals surface area contributed by atoms with E-state index in [0.717, 1.165) is 23.5 Å². The normalized spacial score (nSPS) is 13.1. The Morgan fingerprint density at radius 3 is 2.19 bits per heavy atom. The number of hydrogen-bond acceptors (Lipinski definition) is 0. The van der Waals surface area contributed by atoms with Crippen LogP contribution in [-0.4, -0.2) is 6.69 Å². The van der Waals surface area contributed by atoms with Crippen molar-refractivity contribution in [1.82, 2.24) is 0 Å². The minimum absolute atomic E-state index is 0.401. The molecule has 0 aliphatic carbocycles. The molecule has 21 heavy (non-hydrogen) atoms. The first kappa shape index (κ1) is 16.9. The van der Waals surface area contributed by atoms with Crippen molar-refractivity contribution in [3.63, 3.8) is 0 Å². The van der Waals surface area contributed by atoms with Crippen LogP contribution >= 0.6 is 33.8 Å². The Hall–Kier alpha value is -0.473. The second-order valence-corrected chi connectivity index (χ2v) is 13.5. The Morgan fingerprint density at radius 1 is 0.952 bits per heavy atom. The van der Waals surface area contributed by atoms with E-state index in [1.165, 1.54) is 11.1 Å². The summed E-state index contributed by atoms with van der Waals surface area (Å²) in [6, 6.07) is 20.1. The first-order valence-electron chi connectivity index (χ1n) is 7.13. The lowest BCUT2D eigenvalue weighted by Crippen LogP contribution is -2.22. The molecule has 2 aromatic rings. The molecule has 1 unspecified atom stereocenters. The molecule has 2 rings (SSSR count). The van der Waals surface area contributed by atoms with Gasteiger partial charge in [-0.2, -0.15) is 0 Å². The van der Waals surface area contributed by atoms with Gasteiger partial charge in [0.05, 0.1) is 0 Å². The highest BCUT2D eigenvalue weighted by atomic mass is 35.7. The summed E-state index contributed by atoms with van der Waals surface area (Å²) >= 11 is 19.2. The molecule has 0 aliphatic heterocycles.